The molecule has 0 unspecified atom stereocenters. The number of amides is 1. The molecule has 0 fully saturated rings. The monoisotopic (exact) mass is 228 g/mol. The van der Waals surface area contributed by atoms with E-state index in [4.69, 9.17) is 4.74 Å². The van der Waals surface area contributed by atoms with Crippen molar-refractivity contribution in [3.05, 3.63) is 54.4 Å². The van der Waals surface area contributed by atoms with Crippen molar-refractivity contribution in [3.63, 3.8) is 0 Å². The molecule has 0 saturated heterocycles. The van der Waals surface area contributed by atoms with Crippen molar-refractivity contribution in [3.8, 4) is 5.75 Å². The van der Waals surface area contributed by atoms with Crippen LogP contribution in [0.15, 0.2) is 48.8 Å². The number of hydrogen-bond acceptors (Lipinski definition) is 3. The maximum absolute atomic E-state index is 11.8. The molecule has 2 rings (SSSR count). The smallest absolute Gasteiger partial charge is 0.255 e. The number of anilines is 1. The van der Waals surface area contributed by atoms with Crippen LogP contribution < -0.4 is 10.1 Å². The molecule has 2 aromatic rings. The lowest BCUT2D eigenvalue weighted by Gasteiger charge is -2.06. The number of hydrogen-bond donors (Lipinski definition) is 1. The fraction of sp³-hybridized carbons (Fsp3) is 0.0769. The van der Waals surface area contributed by atoms with Gasteiger partial charge in [-0.2, -0.15) is 0 Å². The number of pyridine rings is 1. The minimum Gasteiger partial charge on any atom is -0.495 e. The zero-order valence-corrected chi connectivity index (χ0v) is 9.38. The first-order valence-corrected chi connectivity index (χ1v) is 5.15. The second-order valence-corrected chi connectivity index (χ2v) is 3.43. The van der Waals surface area contributed by atoms with Gasteiger partial charge in [0, 0.05) is 11.6 Å². The molecule has 0 aliphatic carbocycles. The molecule has 0 radical (unpaired) electrons. The van der Waals surface area contributed by atoms with Crippen LogP contribution in [0.3, 0.4) is 0 Å². The predicted molar refractivity (Wildman–Crippen MR) is 65.2 cm³/mol. The summed E-state index contributed by atoms with van der Waals surface area (Å²) < 4.78 is 5.03. The van der Waals surface area contributed by atoms with Gasteiger partial charge in [-0.1, -0.05) is 18.2 Å². The highest BCUT2D eigenvalue weighted by Crippen LogP contribution is 2.15. The van der Waals surface area contributed by atoms with Crippen LogP contribution in [0.2, 0.25) is 0 Å². The predicted octanol–water partition coefficient (Wildman–Crippen LogP) is 2.34. The number of ether oxygens (including phenoxy) is 1. The third kappa shape index (κ3) is 2.81. The van der Waals surface area contributed by atoms with E-state index >= 15 is 0 Å². The molecule has 1 amide bonds. The van der Waals surface area contributed by atoms with Crippen molar-refractivity contribution in [2.24, 2.45) is 0 Å². The molecule has 4 heteroatoms. The van der Waals surface area contributed by atoms with E-state index in [-0.39, 0.29) is 5.91 Å². The quantitative estimate of drug-likeness (QED) is 0.877. The first kappa shape index (κ1) is 11.1. The van der Waals surface area contributed by atoms with E-state index < -0.39 is 0 Å². The molecule has 0 saturated carbocycles. The summed E-state index contributed by atoms with van der Waals surface area (Å²) in [5, 5.41) is 2.75. The molecule has 0 aliphatic heterocycles. The minimum atomic E-state index is -0.166. The second-order valence-electron chi connectivity index (χ2n) is 3.43. The van der Waals surface area contributed by atoms with Crippen LogP contribution in [0.25, 0.3) is 0 Å². The van der Waals surface area contributed by atoms with Gasteiger partial charge < -0.3 is 10.1 Å². The van der Waals surface area contributed by atoms with Crippen LogP contribution in [-0.4, -0.2) is 18.0 Å². The molecule has 0 bridgehead atoms. The van der Waals surface area contributed by atoms with Gasteiger partial charge in [0.05, 0.1) is 25.2 Å². The Morgan fingerprint density at radius 3 is 2.71 bits per heavy atom. The van der Waals surface area contributed by atoms with Crippen molar-refractivity contribution in [2.75, 3.05) is 12.4 Å². The van der Waals surface area contributed by atoms with Gasteiger partial charge in [-0.3, -0.25) is 9.78 Å². The van der Waals surface area contributed by atoms with Crippen molar-refractivity contribution < 1.29 is 9.53 Å². The van der Waals surface area contributed by atoms with Crippen LogP contribution >= 0.6 is 0 Å². The van der Waals surface area contributed by atoms with E-state index in [2.05, 4.69) is 10.3 Å². The van der Waals surface area contributed by atoms with E-state index in [1.54, 1.807) is 37.7 Å². The summed E-state index contributed by atoms with van der Waals surface area (Å²) in [6.07, 6.45) is 3.15. The van der Waals surface area contributed by atoms with Gasteiger partial charge in [-0.05, 0) is 12.1 Å². The molecular formula is C13H12N2O2. The Hall–Kier alpha value is -2.36. The summed E-state index contributed by atoms with van der Waals surface area (Å²) in [4.78, 5) is 15.8. The number of benzene rings is 1. The van der Waals surface area contributed by atoms with E-state index in [9.17, 15) is 4.79 Å². The summed E-state index contributed by atoms with van der Waals surface area (Å²) in [5.41, 5.74) is 1.22. The van der Waals surface area contributed by atoms with Crippen LogP contribution in [0.1, 0.15) is 10.4 Å². The normalized spacial score (nSPS) is 9.71. The van der Waals surface area contributed by atoms with Crippen molar-refractivity contribution >= 4 is 11.6 Å². The average Bonchev–Trinajstić information content (AvgIpc) is 2.40. The van der Waals surface area contributed by atoms with Crippen LogP contribution in [0, 0.1) is 0 Å². The van der Waals surface area contributed by atoms with Crippen molar-refractivity contribution in [2.45, 2.75) is 0 Å². The molecule has 1 N–H and O–H groups in total. The standard InChI is InChI=1S/C13H12N2O2/c1-17-12-7-11(8-14-9-12)15-13(16)10-5-3-2-4-6-10/h2-9H,1H3,(H,15,16). The van der Waals surface area contributed by atoms with Gasteiger partial charge in [-0.25, -0.2) is 0 Å². The molecule has 17 heavy (non-hydrogen) atoms. The molecule has 1 aromatic heterocycles. The molecule has 0 aliphatic rings. The lowest BCUT2D eigenvalue weighted by atomic mass is 10.2. The topological polar surface area (TPSA) is 51.2 Å². The van der Waals surface area contributed by atoms with E-state index in [0.717, 1.165) is 0 Å². The number of aromatic nitrogens is 1. The maximum Gasteiger partial charge on any atom is 0.255 e. The van der Waals surface area contributed by atoms with Gasteiger partial charge in [0.25, 0.3) is 5.91 Å². The average molecular weight is 228 g/mol. The lowest BCUT2D eigenvalue weighted by Crippen LogP contribution is -2.11. The van der Waals surface area contributed by atoms with E-state index in [1.165, 1.54) is 0 Å². The van der Waals surface area contributed by atoms with Gasteiger partial charge in [0.15, 0.2) is 0 Å². The molecule has 0 atom stereocenters. The highest BCUT2D eigenvalue weighted by Gasteiger charge is 2.05. The highest BCUT2D eigenvalue weighted by atomic mass is 16.5. The molecule has 0 spiro atoms. The van der Waals surface area contributed by atoms with Crippen molar-refractivity contribution in [1.82, 2.24) is 4.98 Å². The fourth-order valence-electron chi connectivity index (χ4n) is 1.39. The summed E-state index contributed by atoms with van der Waals surface area (Å²) in [6, 6.07) is 10.7. The Morgan fingerprint density at radius 1 is 1.24 bits per heavy atom. The summed E-state index contributed by atoms with van der Waals surface area (Å²) >= 11 is 0. The number of nitrogens with zero attached hydrogens (tertiary/aromatic N) is 1. The molecule has 1 heterocycles. The molecule has 86 valence electrons. The highest BCUT2D eigenvalue weighted by molar-refractivity contribution is 6.04. The fourth-order valence-corrected chi connectivity index (χ4v) is 1.39. The number of nitrogens with one attached hydrogen (secondary N) is 1. The third-order valence-corrected chi connectivity index (χ3v) is 2.24. The van der Waals surface area contributed by atoms with E-state index in [1.807, 2.05) is 18.2 Å². The van der Waals surface area contributed by atoms with Crippen LogP contribution in [-0.2, 0) is 0 Å². The maximum atomic E-state index is 11.8. The van der Waals surface area contributed by atoms with Gasteiger partial charge in [0.2, 0.25) is 0 Å². The van der Waals surface area contributed by atoms with Gasteiger partial charge in [-0.15, -0.1) is 0 Å². The molecule has 1 aromatic carbocycles. The summed E-state index contributed by atoms with van der Waals surface area (Å²) in [5.74, 6) is 0.441. The Balaban J connectivity index is 2.13. The van der Waals surface area contributed by atoms with Crippen LogP contribution in [0.5, 0.6) is 5.75 Å². The molecular weight excluding hydrogens is 216 g/mol. The Kier molecular flexibility index (Phi) is 3.35. The van der Waals surface area contributed by atoms with E-state index in [0.29, 0.717) is 17.0 Å². The number of rotatable bonds is 3. The largest absolute Gasteiger partial charge is 0.495 e. The molecule has 4 nitrogen and oxygen atoms in total. The number of carbonyl (C=O) groups excluding carboxylic acids is 1. The first-order chi connectivity index (χ1) is 8.29. The minimum absolute atomic E-state index is 0.166. The number of carbonyl (C=O) groups is 1. The number of methoxy groups -OCH3 is 1. The third-order valence-electron chi connectivity index (χ3n) is 2.24. The van der Waals surface area contributed by atoms with Crippen LogP contribution in [0.4, 0.5) is 5.69 Å². The lowest BCUT2D eigenvalue weighted by molar-refractivity contribution is 0.102. The SMILES string of the molecule is COc1cncc(NC(=O)c2ccccc2)c1. The van der Waals surface area contributed by atoms with Crippen molar-refractivity contribution in [1.29, 1.82) is 0 Å². The summed E-state index contributed by atoms with van der Waals surface area (Å²) in [6.45, 7) is 0. The zero-order chi connectivity index (χ0) is 12.1. The van der Waals surface area contributed by atoms with Gasteiger partial charge in [0.1, 0.15) is 5.75 Å². The Labute approximate surface area is 99.3 Å². The Bertz CT molecular complexity index is 512. The first-order valence-electron chi connectivity index (χ1n) is 5.15. The zero-order valence-electron chi connectivity index (χ0n) is 9.38. The second kappa shape index (κ2) is 5.12. The summed E-state index contributed by atoms with van der Waals surface area (Å²) in [7, 11) is 1.56. The Morgan fingerprint density at radius 2 is 2.00 bits per heavy atom. The van der Waals surface area contributed by atoms with Gasteiger partial charge >= 0.3 is 0 Å².